The number of aromatic nitrogens is 1. The summed E-state index contributed by atoms with van der Waals surface area (Å²) in [4.78, 5) is 18.8. The third-order valence-electron chi connectivity index (χ3n) is 6.02. The first-order valence-electron chi connectivity index (χ1n) is 11.0. The fourth-order valence-corrected chi connectivity index (χ4v) is 3.89. The maximum absolute atomic E-state index is 12.9. The average molecular weight is 424 g/mol. The van der Waals surface area contributed by atoms with Crippen molar-refractivity contribution in [3.05, 3.63) is 83.7 Å². The number of rotatable bonds is 7. The Labute approximate surface area is 187 Å². The van der Waals surface area contributed by atoms with Gasteiger partial charge in [-0.25, -0.2) is 0 Å². The van der Waals surface area contributed by atoms with Crippen molar-refractivity contribution in [2.45, 2.75) is 37.6 Å². The molecule has 1 heterocycles. The predicted octanol–water partition coefficient (Wildman–Crippen LogP) is 5.28. The molecule has 160 valence electrons. The van der Waals surface area contributed by atoms with Gasteiger partial charge in [0.05, 0.1) is 6.34 Å². The molecule has 2 saturated carbocycles. The first-order valence-corrected chi connectivity index (χ1v) is 11.0. The maximum atomic E-state index is 12.9. The fraction of sp³-hybridized carbons (Fsp3) is 0.231. The SMILES string of the molecule is N=CN(C(=N)c1cccc(NC(=O)c2cc(-c3ccc(C4CC4)cc3)ccn2)c1)C1CC1. The third-order valence-corrected chi connectivity index (χ3v) is 6.02. The number of pyridine rings is 1. The van der Waals surface area contributed by atoms with E-state index in [1.54, 1.807) is 35.4 Å². The number of hydrogen-bond donors (Lipinski definition) is 3. The Morgan fingerprint density at radius 1 is 1.00 bits per heavy atom. The molecule has 3 aromatic rings. The summed E-state index contributed by atoms with van der Waals surface area (Å²) in [5, 5.41) is 18.9. The van der Waals surface area contributed by atoms with Crippen molar-refractivity contribution < 1.29 is 4.79 Å². The summed E-state index contributed by atoms with van der Waals surface area (Å²) in [5.41, 5.74) is 5.00. The molecule has 2 aliphatic rings. The minimum Gasteiger partial charge on any atom is -0.321 e. The molecule has 2 aliphatic carbocycles. The van der Waals surface area contributed by atoms with Gasteiger partial charge in [-0.1, -0.05) is 36.4 Å². The van der Waals surface area contributed by atoms with Gasteiger partial charge < -0.3 is 10.2 Å². The number of hydrogen-bond acceptors (Lipinski definition) is 4. The van der Waals surface area contributed by atoms with Crippen LogP contribution in [-0.2, 0) is 0 Å². The summed E-state index contributed by atoms with van der Waals surface area (Å²) in [6.45, 7) is 0. The molecule has 0 radical (unpaired) electrons. The molecular weight excluding hydrogens is 398 g/mol. The summed E-state index contributed by atoms with van der Waals surface area (Å²) in [6.07, 6.45) is 7.42. The number of nitrogens with one attached hydrogen (secondary N) is 3. The highest BCUT2D eigenvalue weighted by molar-refractivity contribution is 6.06. The minimum atomic E-state index is -0.295. The monoisotopic (exact) mass is 423 g/mol. The highest BCUT2D eigenvalue weighted by Gasteiger charge is 2.30. The van der Waals surface area contributed by atoms with E-state index >= 15 is 0 Å². The zero-order valence-corrected chi connectivity index (χ0v) is 17.7. The van der Waals surface area contributed by atoms with Crippen molar-refractivity contribution in [3.8, 4) is 11.1 Å². The number of benzene rings is 2. The number of amides is 1. The lowest BCUT2D eigenvalue weighted by atomic mass is 10.0. The normalized spacial score (nSPS) is 15.1. The van der Waals surface area contributed by atoms with E-state index in [0.29, 0.717) is 16.9 Å². The van der Waals surface area contributed by atoms with E-state index in [1.807, 2.05) is 12.1 Å². The fourth-order valence-electron chi connectivity index (χ4n) is 3.89. The van der Waals surface area contributed by atoms with Gasteiger partial charge in [-0.3, -0.25) is 20.6 Å². The van der Waals surface area contributed by atoms with Gasteiger partial charge >= 0.3 is 0 Å². The standard InChI is InChI=1S/C26H25N5O/c27-16-31(23-10-11-23)25(28)21-2-1-3-22(14-21)30-26(32)24-15-20(12-13-29-24)19-8-6-18(7-9-19)17-4-5-17/h1-3,6-9,12-17,23,27-28H,4-5,10-11H2,(H,30,32). The Morgan fingerprint density at radius 3 is 2.47 bits per heavy atom. The van der Waals surface area contributed by atoms with Gasteiger partial charge in [0.25, 0.3) is 5.91 Å². The predicted molar refractivity (Wildman–Crippen MR) is 127 cm³/mol. The molecule has 0 aliphatic heterocycles. The van der Waals surface area contributed by atoms with Crippen LogP contribution >= 0.6 is 0 Å². The molecule has 1 aromatic heterocycles. The first kappa shape index (κ1) is 20.1. The largest absolute Gasteiger partial charge is 0.321 e. The average Bonchev–Trinajstić information content (AvgIpc) is 3.74. The highest BCUT2D eigenvalue weighted by Crippen LogP contribution is 2.40. The summed E-state index contributed by atoms with van der Waals surface area (Å²) < 4.78 is 0. The number of nitrogens with zero attached hydrogens (tertiary/aromatic N) is 2. The van der Waals surface area contributed by atoms with Gasteiger partial charge in [0.15, 0.2) is 0 Å². The minimum absolute atomic E-state index is 0.239. The van der Waals surface area contributed by atoms with Gasteiger partial charge in [0.2, 0.25) is 0 Å². The van der Waals surface area contributed by atoms with Crippen LogP contribution in [0.3, 0.4) is 0 Å². The second-order valence-corrected chi connectivity index (χ2v) is 8.48. The van der Waals surface area contributed by atoms with Crippen molar-refractivity contribution >= 4 is 23.8 Å². The van der Waals surface area contributed by atoms with Crippen LogP contribution in [0.5, 0.6) is 0 Å². The second kappa shape index (κ2) is 8.38. The van der Waals surface area contributed by atoms with Crippen LogP contribution in [0.2, 0.25) is 0 Å². The van der Waals surface area contributed by atoms with Gasteiger partial charge in [-0.05, 0) is 72.6 Å². The summed E-state index contributed by atoms with van der Waals surface area (Å²) >= 11 is 0. The third kappa shape index (κ3) is 4.30. The number of carbonyl (C=O) groups excluding carboxylic acids is 1. The zero-order chi connectivity index (χ0) is 22.1. The van der Waals surface area contributed by atoms with E-state index in [2.05, 4.69) is 34.6 Å². The molecule has 0 spiro atoms. The van der Waals surface area contributed by atoms with E-state index in [-0.39, 0.29) is 17.8 Å². The number of amidine groups is 1. The molecule has 3 N–H and O–H groups in total. The lowest BCUT2D eigenvalue weighted by Gasteiger charge is -2.19. The lowest BCUT2D eigenvalue weighted by molar-refractivity contribution is 0.102. The van der Waals surface area contributed by atoms with Crippen molar-refractivity contribution in [1.82, 2.24) is 9.88 Å². The highest BCUT2D eigenvalue weighted by atomic mass is 16.1. The van der Waals surface area contributed by atoms with Crippen LogP contribution in [0.1, 0.15) is 53.2 Å². The summed E-state index contributed by atoms with van der Waals surface area (Å²) in [6, 6.07) is 19.7. The molecule has 2 aromatic carbocycles. The molecule has 6 heteroatoms. The Kier molecular flexibility index (Phi) is 5.27. The molecule has 0 unspecified atom stereocenters. The van der Waals surface area contributed by atoms with Crippen molar-refractivity contribution in [1.29, 1.82) is 10.8 Å². The van der Waals surface area contributed by atoms with Gasteiger partial charge in [0, 0.05) is 23.5 Å². The van der Waals surface area contributed by atoms with Crippen LogP contribution in [0.4, 0.5) is 5.69 Å². The quantitative estimate of drug-likeness (QED) is 0.357. The van der Waals surface area contributed by atoms with E-state index in [0.717, 1.165) is 29.9 Å². The summed E-state index contributed by atoms with van der Waals surface area (Å²) in [7, 11) is 0. The van der Waals surface area contributed by atoms with Crippen LogP contribution in [-0.4, -0.2) is 34.0 Å². The van der Waals surface area contributed by atoms with Crippen molar-refractivity contribution in [2.24, 2.45) is 0 Å². The van der Waals surface area contributed by atoms with E-state index in [4.69, 9.17) is 10.8 Å². The molecular formula is C26H25N5O. The van der Waals surface area contributed by atoms with Gasteiger partial charge in [-0.2, -0.15) is 0 Å². The Balaban J connectivity index is 1.31. The second-order valence-electron chi connectivity index (χ2n) is 8.48. The van der Waals surface area contributed by atoms with E-state index in [1.165, 1.54) is 24.7 Å². The van der Waals surface area contributed by atoms with E-state index in [9.17, 15) is 4.79 Å². The van der Waals surface area contributed by atoms with Crippen LogP contribution in [0.15, 0.2) is 66.9 Å². The molecule has 2 fully saturated rings. The smallest absolute Gasteiger partial charge is 0.274 e. The topological polar surface area (TPSA) is 92.9 Å². The number of carbonyl (C=O) groups is 1. The van der Waals surface area contributed by atoms with Crippen molar-refractivity contribution in [3.63, 3.8) is 0 Å². The summed E-state index contributed by atoms with van der Waals surface area (Å²) in [5.74, 6) is 0.694. The first-order chi connectivity index (χ1) is 15.6. The molecule has 6 nitrogen and oxygen atoms in total. The van der Waals surface area contributed by atoms with Crippen LogP contribution in [0, 0.1) is 10.8 Å². The number of anilines is 1. The Morgan fingerprint density at radius 2 is 1.78 bits per heavy atom. The lowest BCUT2D eigenvalue weighted by Crippen LogP contribution is -2.31. The Hall–Kier alpha value is -3.80. The molecule has 0 bridgehead atoms. The molecule has 32 heavy (non-hydrogen) atoms. The Bertz CT molecular complexity index is 1180. The zero-order valence-electron chi connectivity index (χ0n) is 17.7. The molecule has 5 rings (SSSR count). The molecule has 0 saturated heterocycles. The van der Waals surface area contributed by atoms with Crippen LogP contribution < -0.4 is 5.32 Å². The van der Waals surface area contributed by atoms with Gasteiger partial charge in [-0.15, -0.1) is 0 Å². The van der Waals surface area contributed by atoms with E-state index < -0.39 is 0 Å². The van der Waals surface area contributed by atoms with Crippen molar-refractivity contribution in [2.75, 3.05) is 5.32 Å². The molecule has 0 atom stereocenters. The molecule has 1 amide bonds. The van der Waals surface area contributed by atoms with Crippen LogP contribution in [0.25, 0.3) is 11.1 Å². The maximum Gasteiger partial charge on any atom is 0.274 e. The van der Waals surface area contributed by atoms with Gasteiger partial charge in [0.1, 0.15) is 11.5 Å².